The van der Waals surface area contributed by atoms with Gasteiger partial charge in [-0.1, -0.05) is 19.9 Å². The zero-order valence-electron chi connectivity index (χ0n) is 22.8. The summed E-state index contributed by atoms with van der Waals surface area (Å²) >= 11 is 3.64. The predicted molar refractivity (Wildman–Crippen MR) is 157 cm³/mol. The number of fused-ring (bicyclic) bond motifs is 3. The molecule has 0 radical (unpaired) electrons. The van der Waals surface area contributed by atoms with Crippen LogP contribution in [0.4, 0.5) is 5.95 Å². The number of methoxy groups -OCH3 is 1. The molecule has 2 aromatic carbocycles. The van der Waals surface area contributed by atoms with Crippen molar-refractivity contribution >= 4 is 44.3 Å². The van der Waals surface area contributed by atoms with E-state index >= 15 is 0 Å². The predicted octanol–water partition coefficient (Wildman–Crippen LogP) is 3.52. The minimum absolute atomic E-state index is 0.0185. The third-order valence-electron chi connectivity index (χ3n) is 7.16. The number of benzene rings is 2. The molecule has 5 rings (SSSR count). The highest BCUT2D eigenvalue weighted by molar-refractivity contribution is 9.10. The highest BCUT2D eigenvalue weighted by atomic mass is 79.9. The summed E-state index contributed by atoms with van der Waals surface area (Å²) in [5.74, 6) is 1.75. The second-order valence-corrected chi connectivity index (χ2v) is 11.1. The van der Waals surface area contributed by atoms with E-state index in [9.17, 15) is 4.79 Å². The van der Waals surface area contributed by atoms with E-state index in [1.54, 1.807) is 11.6 Å². The van der Waals surface area contributed by atoms with Gasteiger partial charge in [0.05, 0.1) is 12.6 Å². The number of nitrogens with one attached hydrogen (secondary N) is 2. The van der Waals surface area contributed by atoms with Crippen LogP contribution in [-0.4, -0.2) is 94.8 Å². The van der Waals surface area contributed by atoms with E-state index in [4.69, 9.17) is 19.8 Å². The number of amides is 1. The van der Waals surface area contributed by atoms with Crippen LogP contribution in [0.1, 0.15) is 13.8 Å². The fourth-order valence-corrected chi connectivity index (χ4v) is 5.20. The Bertz CT molecular complexity index is 1450. The number of ether oxygens (including phenoxy) is 1. The number of carbonyl (C=O) groups excluding carboxylic acids is 1. The van der Waals surface area contributed by atoms with Crippen molar-refractivity contribution in [2.75, 3.05) is 58.7 Å². The van der Waals surface area contributed by atoms with Gasteiger partial charge in [0, 0.05) is 54.7 Å². The summed E-state index contributed by atoms with van der Waals surface area (Å²) in [7, 11) is 3.78. The highest BCUT2D eigenvalue weighted by Gasteiger charge is 2.25. The van der Waals surface area contributed by atoms with E-state index in [0.29, 0.717) is 24.0 Å². The molecular formula is C28H35BrN8O2. The van der Waals surface area contributed by atoms with Gasteiger partial charge in [-0.05, 0) is 65.3 Å². The average molecular weight is 596 g/mol. The number of nitrogens with zero attached hydrogens (tertiary/aromatic N) is 6. The van der Waals surface area contributed by atoms with Crippen LogP contribution < -0.4 is 15.4 Å². The molecule has 2 aromatic heterocycles. The van der Waals surface area contributed by atoms with Crippen LogP contribution in [0.5, 0.6) is 5.75 Å². The maximum absolute atomic E-state index is 13.3. The fourth-order valence-electron chi connectivity index (χ4n) is 4.75. The molecule has 0 saturated carbocycles. The maximum Gasteiger partial charge on any atom is 0.242 e. The van der Waals surface area contributed by atoms with Crippen LogP contribution in [-0.2, 0) is 4.79 Å². The number of hydrogen-bond acceptors (Lipinski definition) is 8. The zero-order chi connectivity index (χ0) is 27.5. The molecule has 0 aliphatic carbocycles. The SMILES string of the molecule is COc1ccc(-c2nc3c4cccc(Br)c4nc(N[C@@H](C(=O)NCCN4CCN(C)CC4)C(C)C)n3n2)cc1. The van der Waals surface area contributed by atoms with E-state index in [-0.39, 0.29) is 11.8 Å². The molecule has 1 aliphatic heterocycles. The Morgan fingerprint density at radius 3 is 2.51 bits per heavy atom. The van der Waals surface area contributed by atoms with E-state index in [0.717, 1.165) is 59.4 Å². The van der Waals surface area contributed by atoms with Crippen molar-refractivity contribution in [3.05, 3.63) is 46.9 Å². The summed E-state index contributed by atoms with van der Waals surface area (Å²) < 4.78 is 7.84. The molecule has 2 N–H and O–H groups in total. The largest absolute Gasteiger partial charge is 0.497 e. The maximum atomic E-state index is 13.3. The molecule has 206 valence electrons. The zero-order valence-corrected chi connectivity index (χ0v) is 24.4. The van der Waals surface area contributed by atoms with Crippen LogP contribution in [0.2, 0.25) is 0 Å². The van der Waals surface area contributed by atoms with Crippen molar-refractivity contribution in [1.82, 2.24) is 34.7 Å². The fraction of sp³-hybridized carbons (Fsp3) is 0.429. The van der Waals surface area contributed by atoms with Crippen LogP contribution in [0.15, 0.2) is 46.9 Å². The first-order valence-corrected chi connectivity index (χ1v) is 14.1. The number of aromatic nitrogens is 4. The molecule has 1 atom stereocenters. The van der Waals surface area contributed by atoms with Gasteiger partial charge in [-0.3, -0.25) is 9.69 Å². The van der Waals surface area contributed by atoms with Crippen molar-refractivity contribution in [1.29, 1.82) is 0 Å². The van der Waals surface area contributed by atoms with Crippen molar-refractivity contribution < 1.29 is 9.53 Å². The summed E-state index contributed by atoms with van der Waals surface area (Å²) in [6.45, 7) is 9.64. The van der Waals surface area contributed by atoms with Crippen LogP contribution in [0.3, 0.4) is 0 Å². The molecule has 39 heavy (non-hydrogen) atoms. The van der Waals surface area contributed by atoms with Crippen molar-refractivity contribution in [3.63, 3.8) is 0 Å². The number of para-hydroxylation sites is 1. The lowest BCUT2D eigenvalue weighted by molar-refractivity contribution is -0.122. The van der Waals surface area contributed by atoms with Crippen LogP contribution >= 0.6 is 15.9 Å². The Kier molecular flexibility index (Phi) is 8.29. The number of likely N-dealkylation sites (N-methyl/N-ethyl adjacent to an activating group) is 1. The standard InChI is InChI=1S/C28H35BrN8O2/c1-18(2)23(27(38)30-12-13-36-16-14-35(3)15-17-36)31-28-32-24-21(6-5-7-22(24)29)26-33-25(34-37(26)28)19-8-10-20(39-4)11-9-19/h5-11,18,23H,12-17H2,1-4H3,(H,30,38)(H,31,32)/t23-/m1/s1. The Morgan fingerprint density at radius 2 is 1.82 bits per heavy atom. The molecule has 0 spiro atoms. The molecule has 1 saturated heterocycles. The van der Waals surface area contributed by atoms with Crippen molar-refractivity contribution in [2.24, 2.45) is 5.92 Å². The highest BCUT2D eigenvalue weighted by Crippen LogP contribution is 2.29. The average Bonchev–Trinajstić information content (AvgIpc) is 3.39. The molecule has 4 aromatic rings. The van der Waals surface area contributed by atoms with Gasteiger partial charge in [0.1, 0.15) is 11.8 Å². The second-order valence-electron chi connectivity index (χ2n) is 10.3. The van der Waals surface area contributed by atoms with Gasteiger partial charge in [0.25, 0.3) is 0 Å². The number of carbonyl (C=O) groups is 1. The summed E-state index contributed by atoms with van der Waals surface area (Å²) in [4.78, 5) is 27.8. The molecule has 0 unspecified atom stereocenters. The summed E-state index contributed by atoms with van der Waals surface area (Å²) in [5.41, 5.74) is 2.27. The summed E-state index contributed by atoms with van der Waals surface area (Å²) in [6.07, 6.45) is 0. The monoisotopic (exact) mass is 594 g/mol. The van der Waals surface area contributed by atoms with Crippen molar-refractivity contribution in [2.45, 2.75) is 19.9 Å². The van der Waals surface area contributed by atoms with Gasteiger partial charge in [0.2, 0.25) is 11.9 Å². The Balaban J connectivity index is 1.43. The molecule has 1 aliphatic rings. The van der Waals surface area contributed by atoms with Crippen LogP contribution in [0.25, 0.3) is 27.9 Å². The van der Waals surface area contributed by atoms with Gasteiger partial charge in [-0.2, -0.15) is 4.52 Å². The first-order chi connectivity index (χ1) is 18.8. The lowest BCUT2D eigenvalue weighted by Crippen LogP contribution is -2.49. The number of rotatable bonds is 9. The molecule has 11 heteroatoms. The molecule has 1 fully saturated rings. The third-order valence-corrected chi connectivity index (χ3v) is 7.80. The summed E-state index contributed by atoms with van der Waals surface area (Å²) in [5, 5.41) is 12.2. The second kappa shape index (κ2) is 11.8. The molecular weight excluding hydrogens is 560 g/mol. The number of piperazine rings is 1. The van der Waals surface area contributed by atoms with E-state index in [2.05, 4.69) is 43.4 Å². The Labute approximate surface area is 236 Å². The first kappa shape index (κ1) is 27.3. The van der Waals surface area contributed by atoms with Gasteiger partial charge in [-0.15, -0.1) is 5.10 Å². The minimum Gasteiger partial charge on any atom is -0.497 e. The van der Waals surface area contributed by atoms with E-state index in [1.165, 1.54) is 0 Å². The van der Waals surface area contributed by atoms with Crippen LogP contribution in [0, 0.1) is 5.92 Å². The lowest BCUT2D eigenvalue weighted by atomic mass is 10.0. The molecule has 3 heterocycles. The number of halogens is 1. The topological polar surface area (TPSA) is 99.9 Å². The third kappa shape index (κ3) is 6.00. The van der Waals surface area contributed by atoms with E-state index < -0.39 is 6.04 Å². The normalized spacial score (nSPS) is 15.6. The van der Waals surface area contributed by atoms with Gasteiger partial charge in [-0.25, -0.2) is 9.97 Å². The summed E-state index contributed by atoms with van der Waals surface area (Å²) in [6, 6.07) is 13.0. The van der Waals surface area contributed by atoms with E-state index in [1.807, 2.05) is 56.3 Å². The van der Waals surface area contributed by atoms with Gasteiger partial charge < -0.3 is 20.3 Å². The quantitative estimate of drug-likeness (QED) is 0.304. The molecule has 1 amide bonds. The smallest absolute Gasteiger partial charge is 0.242 e. The minimum atomic E-state index is -0.498. The molecule has 0 bridgehead atoms. The van der Waals surface area contributed by atoms with Gasteiger partial charge >= 0.3 is 0 Å². The Morgan fingerprint density at radius 1 is 1.08 bits per heavy atom. The first-order valence-electron chi connectivity index (χ1n) is 13.3. The van der Waals surface area contributed by atoms with Gasteiger partial charge in [0.15, 0.2) is 11.5 Å². The number of anilines is 1. The van der Waals surface area contributed by atoms with Crippen molar-refractivity contribution in [3.8, 4) is 17.1 Å². The molecule has 10 nitrogen and oxygen atoms in total. The Hall–Kier alpha value is -3.28. The number of hydrogen-bond donors (Lipinski definition) is 2. The lowest BCUT2D eigenvalue weighted by Gasteiger charge is -2.32.